The van der Waals surface area contributed by atoms with Crippen LogP contribution < -0.4 is 11.3 Å². The standard InChI is InChI=1S/C13H19N3O4/c1-2-20-13(19)10-11(17)12(18)16-6-5-8(7-14)3-4-9(16)15-10/h8,17H,2-7,14H2,1H3. The molecule has 1 aliphatic heterocycles. The van der Waals surface area contributed by atoms with Gasteiger partial charge in [-0.2, -0.15) is 0 Å². The molecule has 0 radical (unpaired) electrons. The maximum Gasteiger partial charge on any atom is 0.361 e. The Hall–Kier alpha value is -1.89. The first-order chi connectivity index (χ1) is 9.58. The van der Waals surface area contributed by atoms with Gasteiger partial charge in [-0.1, -0.05) is 0 Å². The molecule has 7 heteroatoms. The Morgan fingerprint density at radius 1 is 1.55 bits per heavy atom. The SMILES string of the molecule is CCOC(=O)c1nc2n(c(=O)c1O)CCC(CN)CC2. The van der Waals surface area contributed by atoms with Crippen molar-refractivity contribution in [2.24, 2.45) is 11.7 Å². The second-order valence-electron chi connectivity index (χ2n) is 4.83. The number of nitrogens with two attached hydrogens (primary N) is 1. The maximum atomic E-state index is 12.1. The molecule has 1 aliphatic rings. The number of esters is 1. The lowest BCUT2D eigenvalue weighted by Crippen LogP contribution is -2.27. The zero-order chi connectivity index (χ0) is 14.7. The Labute approximate surface area is 116 Å². The predicted octanol–water partition coefficient (Wildman–Crippen LogP) is 0.0368. The molecule has 0 spiro atoms. The molecule has 0 amide bonds. The van der Waals surface area contributed by atoms with Gasteiger partial charge in [0, 0.05) is 13.0 Å². The van der Waals surface area contributed by atoms with Crippen molar-refractivity contribution in [3.05, 3.63) is 21.9 Å². The van der Waals surface area contributed by atoms with E-state index < -0.39 is 17.3 Å². The van der Waals surface area contributed by atoms with Crippen LogP contribution in [0, 0.1) is 5.92 Å². The van der Waals surface area contributed by atoms with E-state index in [1.54, 1.807) is 6.92 Å². The van der Waals surface area contributed by atoms with Gasteiger partial charge in [-0.25, -0.2) is 9.78 Å². The van der Waals surface area contributed by atoms with Crippen LogP contribution >= 0.6 is 0 Å². The summed E-state index contributed by atoms with van der Waals surface area (Å²) in [5, 5.41) is 9.84. The van der Waals surface area contributed by atoms with E-state index >= 15 is 0 Å². The predicted molar refractivity (Wildman–Crippen MR) is 71.6 cm³/mol. The van der Waals surface area contributed by atoms with Crippen molar-refractivity contribution in [3.8, 4) is 5.75 Å². The number of hydrogen-bond donors (Lipinski definition) is 2. The van der Waals surface area contributed by atoms with E-state index in [0.29, 0.717) is 31.3 Å². The molecule has 0 saturated carbocycles. The third kappa shape index (κ3) is 2.67. The van der Waals surface area contributed by atoms with E-state index in [1.165, 1.54) is 4.57 Å². The third-order valence-corrected chi connectivity index (χ3v) is 3.56. The van der Waals surface area contributed by atoms with Gasteiger partial charge in [0.15, 0.2) is 5.69 Å². The van der Waals surface area contributed by atoms with Crippen LogP contribution in [0.1, 0.15) is 36.1 Å². The highest BCUT2D eigenvalue weighted by Gasteiger charge is 2.24. The van der Waals surface area contributed by atoms with Crippen LogP contribution in [0.25, 0.3) is 0 Å². The van der Waals surface area contributed by atoms with Gasteiger partial charge in [-0.3, -0.25) is 9.36 Å². The van der Waals surface area contributed by atoms with Crippen molar-refractivity contribution >= 4 is 5.97 Å². The molecule has 3 N–H and O–H groups in total. The van der Waals surface area contributed by atoms with Crippen LogP contribution in [0.4, 0.5) is 0 Å². The fourth-order valence-corrected chi connectivity index (χ4v) is 2.38. The molecule has 2 heterocycles. The lowest BCUT2D eigenvalue weighted by Gasteiger charge is -2.11. The third-order valence-electron chi connectivity index (χ3n) is 3.56. The van der Waals surface area contributed by atoms with Crippen LogP contribution in [-0.2, 0) is 17.7 Å². The minimum absolute atomic E-state index is 0.160. The summed E-state index contributed by atoms with van der Waals surface area (Å²) < 4.78 is 6.22. The fraction of sp³-hybridized carbons (Fsp3) is 0.615. The van der Waals surface area contributed by atoms with Gasteiger partial charge in [0.2, 0.25) is 5.75 Å². The Morgan fingerprint density at radius 2 is 2.30 bits per heavy atom. The average Bonchev–Trinajstić information content (AvgIpc) is 2.65. The van der Waals surface area contributed by atoms with Crippen LogP contribution in [0.2, 0.25) is 0 Å². The van der Waals surface area contributed by atoms with Crippen molar-refractivity contribution in [2.45, 2.75) is 32.7 Å². The first-order valence-electron chi connectivity index (χ1n) is 6.78. The van der Waals surface area contributed by atoms with E-state index in [1.807, 2.05) is 0 Å². The first-order valence-corrected chi connectivity index (χ1v) is 6.78. The largest absolute Gasteiger partial charge is 0.501 e. The molecular weight excluding hydrogens is 262 g/mol. The number of carbonyl (C=O) groups is 1. The molecule has 0 bridgehead atoms. The average molecular weight is 281 g/mol. The number of ether oxygens (including phenoxy) is 1. The van der Waals surface area contributed by atoms with Gasteiger partial charge in [0.1, 0.15) is 5.82 Å². The van der Waals surface area contributed by atoms with E-state index in [9.17, 15) is 14.7 Å². The van der Waals surface area contributed by atoms with Gasteiger partial charge in [-0.05, 0) is 32.2 Å². The van der Waals surface area contributed by atoms with E-state index in [-0.39, 0.29) is 12.3 Å². The van der Waals surface area contributed by atoms with Crippen LogP contribution in [0.3, 0.4) is 0 Å². The summed E-state index contributed by atoms with van der Waals surface area (Å²) in [6.45, 7) is 2.82. The second kappa shape index (κ2) is 6.04. The van der Waals surface area contributed by atoms with Crippen molar-refractivity contribution in [1.29, 1.82) is 0 Å². The summed E-state index contributed by atoms with van der Waals surface area (Å²) in [7, 11) is 0. The number of aryl methyl sites for hydroxylation is 1. The number of aromatic nitrogens is 2. The molecule has 0 aliphatic carbocycles. The molecule has 1 unspecified atom stereocenters. The highest BCUT2D eigenvalue weighted by molar-refractivity contribution is 5.89. The van der Waals surface area contributed by atoms with Gasteiger partial charge in [0.05, 0.1) is 6.61 Å². The summed E-state index contributed by atoms with van der Waals surface area (Å²) in [5.74, 6) is -0.584. The van der Waals surface area contributed by atoms with Gasteiger partial charge in [-0.15, -0.1) is 0 Å². The van der Waals surface area contributed by atoms with Crippen molar-refractivity contribution < 1.29 is 14.6 Å². The van der Waals surface area contributed by atoms with Crippen LogP contribution in [-0.4, -0.2) is 33.8 Å². The Morgan fingerprint density at radius 3 is 2.95 bits per heavy atom. The second-order valence-corrected chi connectivity index (χ2v) is 4.83. The Kier molecular flexibility index (Phi) is 4.39. The minimum Gasteiger partial charge on any atom is -0.501 e. The molecule has 110 valence electrons. The summed E-state index contributed by atoms with van der Waals surface area (Å²) >= 11 is 0. The van der Waals surface area contributed by atoms with Crippen LogP contribution in [0.15, 0.2) is 4.79 Å². The molecule has 7 nitrogen and oxygen atoms in total. The zero-order valence-electron chi connectivity index (χ0n) is 11.5. The molecular formula is C13H19N3O4. The van der Waals surface area contributed by atoms with Gasteiger partial charge >= 0.3 is 5.97 Å². The molecule has 0 fully saturated rings. The number of rotatable bonds is 3. The topological polar surface area (TPSA) is 107 Å². The quantitative estimate of drug-likeness (QED) is 0.757. The monoisotopic (exact) mass is 281 g/mol. The van der Waals surface area contributed by atoms with Gasteiger partial charge < -0.3 is 15.6 Å². The summed E-state index contributed by atoms with van der Waals surface area (Å²) in [6.07, 6.45) is 2.14. The number of hydrogen-bond acceptors (Lipinski definition) is 6. The zero-order valence-corrected chi connectivity index (χ0v) is 11.5. The Bertz CT molecular complexity index is 567. The normalized spacial score (nSPS) is 18.2. The summed E-state index contributed by atoms with van der Waals surface area (Å²) in [4.78, 5) is 27.9. The van der Waals surface area contributed by atoms with Gasteiger partial charge in [0.25, 0.3) is 5.56 Å². The molecule has 2 rings (SSSR count). The fourth-order valence-electron chi connectivity index (χ4n) is 2.38. The smallest absolute Gasteiger partial charge is 0.361 e. The highest BCUT2D eigenvalue weighted by Crippen LogP contribution is 2.19. The Balaban J connectivity index is 2.42. The molecule has 1 aromatic rings. The lowest BCUT2D eigenvalue weighted by molar-refractivity contribution is 0.0514. The lowest BCUT2D eigenvalue weighted by atomic mass is 10.0. The molecule has 1 atom stereocenters. The number of nitrogens with zero attached hydrogens (tertiary/aromatic N) is 2. The molecule has 0 aromatic carbocycles. The molecule has 20 heavy (non-hydrogen) atoms. The summed E-state index contributed by atoms with van der Waals surface area (Å²) in [5.41, 5.74) is 4.78. The maximum absolute atomic E-state index is 12.1. The minimum atomic E-state index is -0.773. The van der Waals surface area contributed by atoms with Crippen molar-refractivity contribution in [1.82, 2.24) is 9.55 Å². The molecule has 1 aromatic heterocycles. The number of aromatic hydroxyl groups is 1. The number of fused-ring (bicyclic) bond motifs is 1. The number of carbonyl (C=O) groups excluding carboxylic acids is 1. The highest BCUT2D eigenvalue weighted by atomic mass is 16.5. The van der Waals surface area contributed by atoms with E-state index in [0.717, 1.165) is 12.8 Å². The van der Waals surface area contributed by atoms with E-state index in [2.05, 4.69) is 4.98 Å². The first kappa shape index (κ1) is 14.5. The van der Waals surface area contributed by atoms with Crippen LogP contribution in [0.5, 0.6) is 5.75 Å². The van der Waals surface area contributed by atoms with E-state index in [4.69, 9.17) is 10.5 Å². The van der Waals surface area contributed by atoms with Crippen molar-refractivity contribution in [2.75, 3.05) is 13.2 Å². The van der Waals surface area contributed by atoms with Crippen molar-refractivity contribution in [3.63, 3.8) is 0 Å². The summed E-state index contributed by atoms with van der Waals surface area (Å²) in [6, 6.07) is 0. The molecule has 0 saturated heterocycles.